The van der Waals surface area contributed by atoms with Crippen LogP contribution in [0.1, 0.15) is 5.56 Å². The Labute approximate surface area is 132 Å². The molecule has 7 heteroatoms. The molecule has 0 fully saturated rings. The summed E-state index contributed by atoms with van der Waals surface area (Å²) in [7, 11) is 0. The number of carboxylic acids is 1. The molecule has 1 atom stereocenters. The fraction of sp³-hybridized carbons (Fsp3) is 0.125. The molecule has 0 aliphatic rings. The summed E-state index contributed by atoms with van der Waals surface area (Å²) >= 11 is 0. The summed E-state index contributed by atoms with van der Waals surface area (Å²) in [5.74, 6) is -1.29. The van der Waals surface area contributed by atoms with E-state index in [1.165, 1.54) is 0 Å². The molecule has 0 spiro atoms. The highest BCUT2D eigenvalue weighted by Crippen LogP contribution is 2.15. The molecular formula is C16H15N3O4. The van der Waals surface area contributed by atoms with Crippen molar-refractivity contribution in [3.8, 4) is 0 Å². The summed E-state index contributed by atoms with van der Waals surface area (Å²) < 4.78 is 0. The maximum Gasteiger partial charge on any atom is 0.430 e. The van der Waals surface area contributed by atoms with Crippen molar-refractivity contribution < 1.29 is 19.8 Å². The normalized spacial score (nSPS) is 12.0. The predicted octanol–water partition coefficient (Wildman–Crippen LogP) is 3.36. The smallest absolute Gasteiger partial charge is 0.430 e. The van der Waals surface area contributed by atoms with Crippen LogP contribution >= 0.6 is 0 Å². The lowest BCUT2D eigenvalue weighted by Gasteiger charge is -2.20. The first-order valence-electron chi connectivity index (χ1n) is 6.83. The van der Waals surface area contributed by atoms with Crippen LogP contribution in [0.4, 0.5) is 10.5 Å². The Balaban J connectivity index is 2.23. The summed E-state index contributed by atoms with van der Waals surface area (Å²) in [5.41, 5.74) is 1.13. The fourth-order valence-electron chi connectivity index (χ4n) is 1.94. The van der Waals surface area contributed by atoms with Gasteiger partial charge in [0.2, 0.25) is 0 Å². The molecule has 7 nitrogen and oxygen atoms in total. The van der Waals surface area contributed by atoms with Crippen molar-refractivity contribution in [1.29, 1.82) is 0 Å². The quantitative estimate of drug-likeness (QED) is 0.630. The van der Waals surface area contributed by atoms with Crippen LogP contribution in [0.5, 0.6) is 0 Å². The minimum Gasteiger partial charge on any atom is -0.480 e. The van der Waals surface area contributed by atoms with Crippen LogP contribution in [0.15, 0.2) is 71.0 Å². The van der Waals surface area contributed by atoms with E-state index in [2.05, 4.69) is 10.3 Å². The summed E-state index contributed by atoms with van der Waals surface area (Å²) in [4.78, 5) is 22.8. The zero-order valence-corrected chi connectivity index (χ0v) is 12.1. The van der Waals surface area contributed by atoms with Crippen molar-refractivity contribution in [3.05, 3.63) is 66.2 Å². The summed E-state index contributed by atoms with van der Waals surface area (Å²) in [6.45, 7) is 0. The highest BCUT2D eigenvalue weighted by Gasteiger charge is 2.30. The Morgan fingerprint density at radius 2 is 1.52 bits per heavy atom. The Kier molecular flexibility index (Phi) is 5.40. The Morgan fingerprint density at radius 3 is 2.04 bits per heavy atom. The van der Waals surface area contributed by atoms with Crippen molar-refractivity contribution in [2.45, 2.75) is 12.5 Å². The molecule has 0 saturated heterocycles. The largest absolute Gasteiger partial charge is 0.480 e. The molecule has 2 aromatic rings. The second kappa shape index (κ2) is 7.69. The van der Waals surface area contributed by atoms with E-state index in [4.69, 9.17) is 0 Å². The highest BCUT2D eigenvalue weighted by atomic mass is 16.4. The van der Waals surface area contributed by atoms with Gasteiger partial charge in [0.15, 0.2) is 6.04 Å². The molecular weight excluding hydrogens is 298 g/mol. The predicted molar refractivity (Wildman–Crippen MR) is 82.4 cm³/mol. The zero-order chi connectivity index (χ0) is 16.7. The van der Waals surface area contributed by atoms with Crippen molar-refractivity contribution in [1.82, 2.24) is 5.01 Å². The van der Waals surface area contributed by atoms with Gasteiger partial charge in [-0.1, -0.05) is 53.8 Å². The second-order valence-electron chi connectivity index (χ2n) is 4.70. The maximum atomic E-state index is 11.5. The van der Waals surface area contributed by atoms with E-state index in [1.54, 1.807) is 60.7 Å². The van der Waals surface area contributed by atoms with Crippen LogP contribution in [0.2, 0.25) is 0 Å². The average Bonchev–Trinajstić information content (AvgIpc) is 2.55. The molecule has 0 radical (unpaired) electrons. The molecule has 0 aliphatic carbocycles. The van der Waals surface area contributed by atoms with Gasteiger partial charge in [-0.15, -0.1) is 5.11 Å². The number of aliphatic carboxylic acids is 1. The lowest BCUT2D eigenvalue weighted by molar-refractivity contribution is -0.142. The van der Waals surface area contributed by atoms with E-state index >= 15 is 0 Å². The Morgan fingerprint density at radius 1 is 0.957 bits per heavy atom. The molecule has 23 heavy (non-hydrogen) atoms. The Bertz CT molecular complexity index is 689. The highest BCUT2D eigenvalue weighted by molar-refractivity contribution is 5.79. The first-order chi connectivity index (χ1) is 11.1. The van der Waals surface area contributed by atoms with Gasteiger partial charge in [-0.3, -0.25) is 0 Å². The molecule has 2 aromatic carbocycles. The van der Waals surface area contributed by atoms with Gasteiger partial charge in [-0.05, 0) is 17.7 Å². The lowest BCUT2D eigenvalue weighted by atomic mass is 10.1. The van der Waals surface area contributed by atoms with Crippen molar-refractivity contribution in [2.75, 3.05) is 0 Å². The second-order valence-corrected chi connectivity index (χ2v) is 4.70. The monoisotopic (exact) mass is 313 g/mol. The Hall–Kier alpha value is -3.22. The number of nitrogens with zero attached hydrogens (tertiary/aromatic N) is 3. The zero-order valence-electron chi connectivity index (χ0n) is 12.1. The van der Waals surface area contributed by atoms with E-state index in [1.807, 2.05) is 0 Å². The van der Waals surface area contributed by atoms with Crippen molar-refractivity contribution in [3.63, 3.8) is 0 Å². The van der Waals surface area contributed by atoms with Gasteiger partial charge >= 0.3 is 12.1 Å². The molecule has 0 aliphatic heterocycles. The minimum atomic E-state index is -1.48. The van der Waals surface area contributed by atoms with Crippen LogP contribution in [0.25, 0.3) is 0 Å². The van der Waals surface area contributed by atoms with Crippen molar-refractivity contribution >= 4 is 17.7 Å². The van der Waals surface area contributed by atoms with Gasteiger partial charge in [-0.2, -0.15) is 5.01 Å². The first kappa shape index (κ1) is 16.2. The van der Waals surface area contributed by atoms with Gasteiger partial charge in [0.1, 0.15) is 0 Å². The van der Waals surface area contributed by atoms with Gasteiger partial charge in [0.25, 0.3) is 0 Å². The SMILES string of the molecule is O=C(O)[C@H](Cc1ccccc1)N(N=Nc1ccccc1)C(=O)O. The van der Waals surface area contributed by atoms with E-state index in [9.17, 15) is 19.8 Å². The molecule has 0 saturated carbocycles. The number of rotatable bonds is 6. The van der Waals surface area contributed by atoms with Gasteiger partial charge in [0.05, 0.1) is 5.69 Å². The number of hydrogen-bond acceptors (Lipinski definition) is 4. The van der Waals surface area contributed by atoms with Crippen LogP contribution in [-0.2, 0) is 11.2 Å². The number of hydrogen-bond donors (Lipinski definition) is 2. The van der Waals surface area contributed by atoms with Crippen LogP contribution < -0.4 is 0 Å². The number of carbonyl (C=O) groups is 2. The van der Waals surface area contributed by atoms with Gasteiger partial charge < -0.3 is 10.2 Å². The summed E-state index contributed by atoms with van der Waals surface area (Å²) in [6, 6.07) is 15.9. The van der Waals surface area contributed by atoms with Crippen LogP contribution in [-0.4, -0.2) is 33.3 Å². The van der Waals surface area contributed by atoms with E-state index in [0.717, 1.165) is 0 Å². The first-order valence-corrected chi connectivity index (χ1v) is 6.83. The summed E-state index contributed by atoms with van der Waals surface area (Å²) in [5, 5.41) is 26.4. The summed E-state index contributed by atoms with van der Waals surface area (Å²) in [6.07, 6.45) is -1.48. The lowest BCUT2D eigenvalue weighted by Crippen LogP contribution is -2.42. The molecule has 2 N–H and O–H groups in total. The molecule has 118 valence electrons. The average molecular weight is 313 g/mol. The number of carboxylic acid groups (broad SMARTS) is 2. The molecule has 0 aromatic heterocycles. The van der Waals surface area contributed by atoms with Crippen LogP contribution in [0, 0.1) is 0 Å². The standard InChI is InChI=1S/C16H15N3O4/c20-15(21)14(11-12-7-3-1-4-8-12)19(16(22)23)18-17-13-9-5-2-6-10-13/h1-10,14H,11H2,(H,20,21)(H,22,23)/t14-/m0/s1. The molecule has 0 heterocycles. The molecule has 1 amide bonds. The maximum absolute atomic E-state index is 11.5. The van der Waals surface area contributed by atoms with Gasteiger partial charge in [0, 0.05) is 6.42 Å². The number of benzene rings is 2. The van der Waals surface area contributed by atoms with E-state index in [-0.39, 0.29) is 6.42 Å². The molecule has 0 bridgehead atoms. The van der Waals surface area contributed by atoms with E-state index < -0.39 is 18.1 Å². The fourth-order valence-corrected chi connectivity index (χ4v) is 1.94. The van der Waals surface area contributed by atoms with Gasteiger partial charge in [-0.25, -0.2) is 9.59 Å². The third-order valence-corrected chi connectivity index (χ3v) is 3.06. The number of amides is 1. The van der Waals surface area contributed by atoms with Crippen LogP contribution in [0.3, 0.4) is 0 Å². The molecule has 2 rings (SSSR count). The topological polar surface area (TPSA) is 103 Å². The van der Waals surface area contributed by atoms with E-state index in [0.29, 0.717) is 16.3 Å². The third kappa shape index (κ3) is 4.63. The third-order valence-electron chi connectivity index (χ3n) is 3.06. The molecule has 0 unspecified atom stereocenters. The minimum absolute atomic E-state index is 0.00369. The van der Waals surface area contributed by atoms with Crippen molar-refractivity contribution in [2.24, 2.45) is 10.3 Å².